The molecule has 452 valence electrons. The molecule has 21 nitrogen and oxygen atoms in total. The first-order valence-corrected chi connectivity index (χ1v) is 28.5. The van der Waals surface area contributed by atoms with Crippen molar-refractivity contribution in [3.05, 3.63) is 120 Å². The molecule has 2 aliphatic heterocycles. The molecular weight excluding hydrogens is 1070 g/mol. The van der Waals surface area contributed by atoms with Crippen LogP contribution in [0.25, 0.3) is 0 Å². The molecule has 21 heteroatoms. The van der Waals surface area contributed by atoms with E-state index in [-0.39, 0.29) is 26.1 Å². The molecule has 0 spiro atoms. The van der Waals surface area contributed by atoms with Gasteiger partial charge in [0.1, 0.15) is 48.1 Å². The Hall–Kier alpha value is -7.36. The molecule has 2 aromatic carbocycles. The summed E-state index contributed by atoms with van der Waals surface area (Å²) < 4.78 is 37.9. The lowest BCUT2D eigenvalue weighted by molar-refractivity contribution is -0.171. The fourth-order valence-corrected chi connectivity index (χ4v) is 8.69. The minimum atomic E-state index is -1.21. The smallest absolute Gasteiger partial charge is 0.410 e. The Bertz CT molecular complexity index is 2670. The SMILES string of the molecule is CN(C(=O)OC(C)(C)C)[C@@H](CC1CC1)C(=O)O.CN(C(=O)OC(C)(C)C)[C@@H](CC1CC1)C(=O)O[C@H](Cc1ccc(N2CCOCC2)nc1)C(=O)OCc1ccccc1.O=C(OCc1ccccc1)[C@H](O)Cc1ccc(N2CCOCC2)nc1. The number of aliphatic carboxylic acids is 1. The predicted molar refractivity (Wildman–Crippen MR) is 308 cm³/mol. The normalized spacial score (nSPS) is 16.6. The minimum absolute atomic E-state index is 0.0469. The lowest BCUT2D eigenvalue weighted by atomic mass is 10.1. The van der Waals surface area contributed by atoms with Gasteiger partial charge < -0.3 is 53.2 Å². The van der Waals surface area contributed by atoms with Crippen LogP contribution in [-0.4, -0.2) is 168 Å². The van der Waals surface area contributed by atoms with Gasteiger partial charge >= 0.3 is 36.1 Å². The highest BCUT2D eigenvalue weighted by Gasteiger charge is 2.39. The van der Waals surface area contributed by atoms with Gasteiger partial charge in [-0.1, -0.05) is 98.5 Å². The van der Waals surface area contributed by atoms with Gasteiger partial charge in [-0.3, -0.25) is 9.80 Å². The van der Waals surface area contributed by atoms with Gasteiger partial charge in [-0.05, 0) is 101 Å². The van der Waals surface area contributed by atoms with Crippen molar-refractivity contribution in [3.8, 4) is 0 Å². The maximum Gasteiger partial charge on any atom is 0.410 e. The maximum atomic E-state index is 13.5. The summed E-state index contributed by atoms with van der Waals surface area (Å²) >= 11 is 0. The number of carbonyl (C=O) groups is 6. The fourth-order valence-electron chi connectivity index (χ4n) is 8.69. The first-order chi connectivity index (χ1) is 39.5. The lowest BCUT2D eigenvalue weighted by Gasteiger charge is -2.30. The largest absolute Gasteiger partial charge is 0.480 e. The topological polar surface area (TPSA) is 246 Å². The number of anilines is 2. The molecule has 4 atom stereocenters. The van der Waals surface area contributed by atoms with Crippen LogP contribution in [0.2, 0.25) is 0 Å². The quantitative estimate of drug-likeness (QED) is 0.0596. The van der Waals surface area contributed by atoms with Crippen molar-refractivity contribution in [1.29, 1.82) is 0 Å². The average molecular weight is 1150 g/mol. The van der Waals surface area contributed by atoms with E-state index < -0.39 is 71.6 Å². The highest BCUT2D eigenvalue weighted by atomic mass is 16.6. The molecule has 2 aromatic heterocycles. The summed E-state index contributed by atoms with van der Waals surface area (Å²) in [6, 6.07) is 24.6. The Balaban J connectivity index is 0.000000223. The first kappa shape index (κ1) is 64.8. The number of aliphatic hydroxyl groups excluding tert-OH is 1. The summed E-state index contributed by atoms with van der Waals surface area (Å²) in [7, 11) is 3.01. The number of carboxylic acid groups (broad SMARTS) is 1. The van der Waals surface area contributed by atoms with Crippen LogP contribution in [0.3, 0.4) is 0 Å². The third-order valence-corrected chi connectivity index (χ3v) is 13.7. The van der Waals surface area contributed by atoms with Crippen LogP contribution >= 0.6 is 0 Å². The number of nitrogens with zero attached hydrogens (tertiary/aromatic N) is 6. The summed E-state index contributed by atoms with van der Waals surface area (Å²) in [5.74, 6) is -0.450. The molecule has 4 aliphatic rings. The van der Waals surface area contributed by atoms with Crippen molar-refractivity contribution >= 4 is 47.7 Å². The van der Waals surface area contributed by atoms with Crippen LogP contribution in [0.1, 0.15) is 102 Å². The maximum absolute atomic E-state index is 13.5. The highest BCUT2D eigenvalue weighted by molar-refractivity contribution is 5.85. The number of aliphatic hydroxyl groups is 1. The molecule has 0 unspecified atom stereocenters. The molecule has 0 radical (unpaired) electrons. The minimum Gasteiger partial charge on any atom is -0.480 e. The Labute approximate surface area is 487 Å². The monoisotopic (exact) mass is 1150 g/mol. The van der Waals surface area contributed by atoms with Gasteiger partial charge in [-0.2, -0.15) is 0 Å². The number of amides is 2. The molecule has 2 amide bonds. The Kier molecular flexibility index (Phi) is 24.5. The number of morpholine rings is 2. The zero-order chi connectivity index (χ0) is 60.1. The number of hydrogen-bond donors (Lipinski definition) is 2. The van der Waals surface area contributed by atoms with Gasteiger partial charge in [-0.15, -0.1) is 0 Å². The second-order valence-corrected chi connectivity index (χ2v) is 23.2. The molecule has 8 rings (SSSR count). The number of rotatable bonds is 21. The molecule has 4 fully saturated rings. The lowest BCUT2D eigenvalue weighted by Crippen LogP contribution is -2.47. The van der Waals surface area contributed by atoms with Gasteiger partial charge in [0, 0.05) is 65.5 Å². The van der Waals surface area contributed by atoms with Crippen molar-refractivity contribution in [2.75, 3.05) is 76.5 Å². The Morgan fingerprint density at radius 1 is 0.566 bits per heavy atom. The number of aromatic nitrogens is 2. The zero-order valence-electron chi connectivity index (χ0n) is 49.3. The molecule has 4 heterocycles. The molecule has 0 bridgehead atoms. The standard InChI is InChI=1S/C31H41N3O7.C19H22N2O4.C12H21NO4/c1-31(2,3)41-30(37)33(4)25(18-22-10-11-22)28(35)40-26(29(36)39-21-23-8-6-5-7-9-23)19-24-12-13-27(32-20-24)34-14-16-38-17-15-34;22-17(19(23)25-14-15-4-2-1-3-5-15)12-16-6-7-18(20-13-16)21-8-10-24-11-9-21;1-12(2,3)17-11(16)13(4)9(10(14)15)7-8-5-6-8/h5-9,12-13,20,22,25-26H,10-11,14-19,21H2,1-4H3;1-7,13,17,22H,8-12,14H2;8-9H,5-7H2,1-4H3,(H,14,15)/t25-,26+;17-;9-/m010/s1. The van der Waals surface area contributed by atoms with Gasteiger partial charge in [0.05, 0.1) is 26.4 Å². The zero-order valence-corrected chi connectivity index (χ0v) is 49.3. The number of carboxylic acids is 1. The van der Waals surface area contributed by atoms with Crippen LogP contribution in [0.4, 0.5) is 21.2 Å². The van der Waals surface area contributed by atoms with Crippen molar-refractivity contribution in [3.63, 3.8) is 0 Å². The fraction of sp³-hybridized carbons (Fsp3) is 0.548. The van der Waals surface area contributed by atoms with Gasteiger partial charge in [0.15, 0.2) is 6.10 Å². The number of benzene rings is 2. The number of likely N-dealkylation sites (N-methyl/N-ethyl adjacent to an activating group) is 2. The van der Waals surface area contributed by atoms with E-state index in [0.29, 0.717) is 51.1 Å². The summed E-state index contributed by atoms with van der Waals surface area (Å²) in [6.07, 6.45) is 5.09. The molecular formula is C62H84N6O15. The molecule has 83 heavy (non-hydrogen) atoms. The molecule has 2 saturated carbocycles. The van der Waals surface area contributed by atoms with Crippen LogP contribution in [0, 0.1) is 11.8 Å². The second-order valence-electron chi connectivity index (χ2n) is 23.2. The van der Waals surface area contributed by atoms with E-state index in [1.54, 1.807) is 53.9 Å². The highest BCUT2D eigenvalue weighted by Crippen LogP contribution is 2.36. The number of hydrogen-bond acceptors (Lipinski definition) is 18. The third-order valence-electron chi connectivity index (χ3n) is 13.7. The van der Waals surface area contributed by atoms with E-state index in [1.165, 1.54) is 23.9 Å². The van der Waals surface area contributed by atoms with E-state index in [4.69, 9.17) is 38.3 Å². The number of ether oxygens (including phenoxy) is 7. The molecule has 2 aliphatic carbocycles. The van der Waals surface area contributed by atoms with E-state index >= 15 is 0 Å². The van der Waals surface area contributed by atoms with Crippen LogP contribution in [0.5, 0.6) is 0 Å². The summed E-state index contributed by atoms with van der Waals surface area (Å²) in [6.45, 7) is 16.6. The second kappa shape index (κ2) is 31.3. The molecule has 2 N–H and O–H groups in total. The van der Waals surface area contributed by atoms with Crippen molar-refractivity contribution in [2.24, 2.45) is 11.8 Å². The third kappa shape index (κ3) is 23.1. The van der Waals surface area contributed by atoms with E-state index in [2.05, 4.69) is 19.8 Å². The number of esters is 3. The van der Waals surface area contributed by atoms with Crippen molar-refractivity contribution in [2.45, 2.75) is 142 Å². The van der Waals surface area contributed by atoms with Crippen LogP contribution < -0.4 is 9.80 Å². The van der Waals surface area contributed by atoms with Crippen molar-refractivity contribution < 1.29 is 72.1 Å². The van der Waals surface area contributed by atoms with E-state index in [1.807, 2.05) is 84.9 Å². The summed E-state index contributed by atoms with van der Waals surface area (Å²) in [4.78, 5) is 90.2. The number of pyridine rings is 2. The summed E-state index contributed by atoms with van der Waals surface area (Å²) in [5.41, 5.74) is 1.90. The number of carbonyl (C=O) groups excluding carboxylic acids is 5. The van der Waals surface area contributed by atoms with E-state index in [9.17, 15) is 33.9 Å². The van der Waals surface area contributed by atoms with Crippen LogP contribution in [-0.2, 0) is 78.4 Å². The predicted octanol–water partition coefficient (Wildman–Crippen LogP) is 7.82. The molecule has 2 saturated heterocycles. The van der Waals surface area contributed by atoms with Gasteiger partial charge in [-0.25, -0.2) is 38.7 Å². The van der Waals surface area contributed by atoms with Crippen LogP contribution in [0.15, 0.2) is 97.3 Å². The Morgan fingerprint density at radius 3 is 1.37 bits per heavy atom. The van der Waals surface area contributed by atoms with Crippen molar-refractivity contribution in [1.82, 2.24) is 19.8 Å². The first-order valence-electron chi connectivity index (χ1n) is 28.5. The Morgan fingerprint density at radius 2 is 0.976 bits per heavy atom. The summed E-state index contributed by atoms with van der Waals surface area (Å²) in [5, 5.41) is 19.2. The van der Waals surface area contributed by atoms with E-state index in [0.717, 1.165) is 85.8 Å². The van der Waals surface area contributed by atoms with Gasteiger partial charge in [0.25, 0.3) is 0 Å². The van der Waals surface area contributed by atoms with Gasteiger partial charge in [0.2, 0.25) is 6.10 Å². The molecule has 4 aromatic rings. The average Bonchev–Trinajstić information content (AvgIpc) is 4.50.